The van der Waals surface area contributed by atoms with Gasteiger partial charge in [0.25, 0.3) is 0 Å². The van der Waals surface area contributed by atoms with Crippen LogP contribution >= 0.6 is 11.3 Å². The van der Waals surface area contributed by atoms with E-state index in [2.05, 4.69) is 23.7 Å². The molecule has 3 rings (SSSR count). The van der Waals surface area contributed by atoms with Crippen LogP contribution in [-0.4, -0.2) is 39.8 Å². The van der Waals surface area contributed by atoms with Gasteiger partial charge in [-0.3, -0.25) is 9.90 Å². The third-order valence-electron chi connectivity index (χ3n) is 4.64. The van der Waals surface area contributed by atoms with Crippen molar-refractivity contribution >= 4 is 22.2 Å². The summed E-state index contributed by atoms with van der Waals surface area (Å²) < 4.78 is 0. The lowest BCUT2D eigenvalue weighted by molar-refractivity contribution is -0.140. The van der Waals surface area contributed by atoms with E-state index in [1.165, 1.54) is 11.3 Å². The van der Waals surface area contributed by atoms with Gasteiger partial charge in [0.2, 0.25) is 0 Å². The monoisotopic (exact) mass is 388 g/mol. The van der Waals surface area contributed by atoms with Crippen molar-refractivity contribution in [2.24, 2.45) is 5.92 Å². The normalized spacial score (nSPS) is 14.9. The van der Waals surface area contributed by atoms with E-state index in [1.807, 2.05) is 48.6 Å². The zero-order chi connectivity index (χ0) is 19.4. The SMILES string of the molecule is CC(C)C[C@H](CO)N(C)C1=CN(OCc2ccccc2)Cc2nc(N)sc21. The van der Waals surface area contributed by atoms with Gasteiger partial charge in [0.1, 0.15) is 0 Å². The Morgan fingerprint density at radius 2 is 2.07 bits per heavy atom. The zero-order valence-corrected chi connectivity index (χ0v) is 16.9. The number of hydrogen-bond acceptors (Lipinski definition) is 7. The number of hydrogen-bond donors (Lipinski definition) is 2. The van der Waals surface area contributed by atoms with E-state index in [0.29, 0.717) is 24.2 Å². The molecule has 6 nitrogen and oxygen atoms in total. The van der Waals surface area contributed by atoms with E-state index in [-0.39, 0.29) is 12.6 Å². The maximum absolute atomic E-state index is 9.90. The number of aromatic nitrogens is 1. The minimum absolute atomic E-state index is 0.0292. The minimum Gasteiger partial charge on any atom is -0.394 e. The van der Waals surface area contributed by atoms with Crippen LogP contribution in [0.4, 0.5) is 5.13 Å². The first-order valence-corrected chi connectivity index (χ1v) is 10.0. The predicted octanol–water partition coefficient (Wildman–Crippen LogP) is 3.31. The lowest BCUT2D eigenvalue weighted by Gasteiger charge is -2.35. The van der Waals surface area contributed by atoms with Crippen LogP contribution in [0, 0.1) is 5.92 Å². The van der Waals surface area contributed by atoms with Crippen molar-refractivity contribution in [2.45, 2.75) is 39.5 Å². The maximum Gasteiger partial charge on any atom is 0.180 e. The number of aliphatic hydroxyl groups is 1. The summed E-state index contributed by atoms with van der Waals surface area (Å²) in [6.45, 7) is 5.47. The van der Waals surface area contributed by atoms with Crippen molar-refractivity contribution < 1.29 is 9.94 Å². The molecule has 1 aliphatic heterocycles. The molecular weight excluding hydrogens is 360 g/mol. The molecule has 0 aliphatic carbocycles. The fourth-order valence-electron chi connectivity index (χ4n) is 3.23. The van der Waals surface area contributed by atoms with E-state index in [4.69, 9.17) is 10.6 Å². The molecule has 1 aromatic heterocycles. The van der Waals surface area contributed by atoms with Crippen molar-refractivity contribution in [1.82, 2.24) is 14.9 Å². The molecular formula is C20H28N4O2S. The Hall–Kier alpha value is -2.09. The molecule has 1 aliphatic rings. The van der Waals surface area contributed by atoms with Gasteiger partial charge in [-0.05, 0) is 17.9 Å². The Morgan fingerprint density at radius 3 is 2.74 bits per heavy atom. The summed E-state index contributed by atoms with van der Waals surface area (Å²) >= 11 is 1.48. The number of fused-ring (bicyclic) bond motifs is 1. The molecule has 2 heterocycles. The highest BCUT2D eigenvalue weighted by Gasteiger charge is 2.28. The van der Waals surface area contributed by atoms with E-state index < -0.39 is 0 Å². The molecule has 27 heavy (non-hydrogen) atoms. The van der Waals surface area contributed by atoms with Gasteiger partial charge in [-0.25, -0.2) is 4.98 Å². The summed E-state index contributed by atoms with van der Waals surface area (Å²) in [7, 11) is 2.01. The molecule has 1 aromatic carbocycles. The summed E-state index contributed by atoms with van der Waals surface area (Å²) in [6, 6.07) is 10.1. The molecule has 0 saturated heterocycles. The molecule has 0 saturated carbocycles. The Morgan fingerprint density at radius 1 is 1.33 bits per heavy atom. The van der Waals surface area contributed by atoms with E-state index in [0.717, 1.165) is 28.3 Å². The molecule has 1 atom stereocenters. The van der Waals surface area contributed by atoms with Gasteiger partial charge < -0.3 is 15.7 Å². The summed E-state index contributed by atoms with van der Waals surface area (Å²) in [6.07, 6.45) is 2.89. The fourth-order valence-corrected chi connectivity index (χ4v) is 4.12. The van der Waals surface area contributed by atoms with Gasteiger partial charge in [-0.1, -0.05) is 55.5 Å². The van der Waals surface area contributed by atoms with Crippen LogP contribution in [0.3, 0.4) is 0 Å². The number of hydroxylamine groups is 2. The number of nitrogens with two attached hydrogens (primary N) is 1. The topological polar surface area (TPSA) is 74.8 Å². The number of likely N-dealkylation sites (N-methyl/N-ethyl adjacent to an activating group) is 1. The van der Waals surface area contributed by atoms with Crippen LogP contribution in [0.25, 0.3) is 5.70 Å². The van der Waals surface area contributed by atoms with Gasteiger partial charge in [0, 0.05) is 7.05 Å². The van der Waals surface area contributed by atoms with Crippen molar-refractivity contribution in [3.63, 3.8) is 0 Å². The first-order chi connectivity index (χ1) is 13.0. The lowest BCUT2D eigenvalue weighted by atomic mass is 10.0. The molecule has 0 unspecified atom stereocenters. The molecule has 0 fully saturated rings. The van der Waals surface area contributed by atoms with Crippen molar-refractivity contribution in [1.29, 1.82) is 0 Å². The highest BCUT2D eigenvalue weighted by Crippen LogP contribution is 2.36. The summed E-state index contributed by atoms with van der Waals surface area (Å²) in [5, 5.41) is 12.3. The van der Waals surface area contributed by atoms with E-state index in [9.17, 15) is 5.11 Å². The molecule has 2 aromatic rings. The van der Waals surface area contributed by atoms with Crippen LogP contribution in [0.5, 0.6) is 0 Å². The number of benzene rings is 1. The van der Waals surface area contributed by atoms with Crippen LogP contribution in [0.15, 0.2) is 36.5 Å². The highest BCUT2D eigenvalue weighted by atomic mass is 32.1. The van der Waals surface area contributed by atoms with Gasteiger partial charge in [-0.15, -0.1) is 0 Å². The molecule has 7 heteroatoms. The zero-order valence-electron chi connectivity index (χ0n) is 16.1. The average Bonchev–Trinajstić information content (AvgIpc) is 3.04. The second-order valence-corrected chi connectivity index (χ2v) is 8.28. The van der Waals surface area contributed by atoms with Crippen LogP contribution < -0.4 is 5.73 Å². The molecule has 0 radical (unpaired) electrons. The Kier molecular flexibility index (Phi) is 6.36. The average molecular weight is 389 g/mol. The first-order valence-electron chi connectivity index (χ1n) is 9.22. The Bertz CT molecular complexity index is 776. The molecule has 0 bridgehead atoms. The molecule has 146 valence electrons. The predicted molar refractivity (Wildman–Crippen MR) is 109 cm³/mol. The fraction of sp³-hybridized carbons (Fsp3) is 0.450. The van der Waals surface area contributed by atoms with Gasteiger partial charge in [-0.2, -0.15) is 0 Å². The Labute approximate surface area is 164 Å². The number of nitrogens with zero attached hydrogens (tertiary/aromatic N) is 3. The van der Waals surface area contributed by atoms with Gasteiger partial charge in [0.05, 0.1) is 48.3 Å². The molecule has 0 amide bonds. The minimum atomic E-state index is 0.0292. The Balaban J connectivity index is 1.81. The van der Waals surface area contributed by atoms with Crippen molar-refractivity contribution in [3.8, 4) is 0 Å². The number of anilines is 1. The molecule has 3 N–H and O–H groups in total. The van der Waals surface area contributed by atoms with Gasteiger partial charge >= 0.3 is 0 Å². The summed E-state index contributed by atoms with van der Waals surface area (Å²) in [5.41, 5.74) is 8.98. The summed E-state index contributed by atoms with van der Waals surface area (Å²) in [4.78, 5) is 13.7. The quantitative estimate of drug-likeness (QED) is 0.723. The smallest absolute Gasteiger partial charge is 0.180 e. The first kappa shape index (κ1) is 19.7. The van der Waals surface area contributed by atoms with E-state index >= 15 is 0 Å². The van der Waals surface area contributed by atoms with Crippen LogP contribution in [0.1, 0.15) is 36.4 Å². The lowest BCUT2D eigenvalue weighted by Crippen LogP contribution is -2.37. The maximum atomic E-state index is 9.90. The second-order valence-electron chi connectivity index (χ2n) is 7.25. The molecule has 0 spiro atoms. The highest BCUT2D eigenvalue weighted by molar-refractivity contribution is 7.16. The number of aliphatic hydroxyl groups excluding tert-OH is 1. The standard InChI is InChI=1S/C20H28N4O2S/c1-14(2)9-16(12-25)23(3)18-11-24(10-17-19(18)27-20(21)22-17)26-13-15-7-5-4-6-8-15/h4-8,11,14,16,25H,9-10,12-13H2,1-3H3,(H2,21,22)/t16-/m1/s1. The number of rotatable bonds is 8. The largest absolute Gasteiger partial charge is 0.394 e. The van der Waals surface area contributed by atoms with Crippen molar-refractivity contribution in [2.75, 3.05) is 19.4 Å². The van der Waals surface area contributed by atoms with Crippen LogP contribution in [0.2, 0.25) is 0 Å². The van der Waals surface area contributed by atoms with E-state index in [1.54, 1.807) is 0 Å². The van der Waals surface area contributed by atoms with Crippen molar-refractivity contribution in [3.05, 3.63) is 52.7 Å². The summed E-state index contributed by atoms with van der Waals surface area (Å²) in [5.74, 6) is 0.491. The number of thiazole rings is 1. The van der Waals surface area contributed by atoms with Crippen LogP contribution in [-0.2, 0) is 18.0 Å². The third kappa shape index (κ3) is 4.80. The number of nitrogen functional groups attached to an aromatic ring is 1. The second kappa shape index (κ2) is 8.73. The third-order valence-corrected chi connectivity index (χ3v) is 5.59. The van der Waals surface area contributed by atoms with Gasteiger partial charge in [0.15, 0.2) is 5.13 Å².